The van der Waals surface area contributed by atoms with Gasteiger partial charge in [-0.15, -0.1) is 13.2 Å². The lowest BCUT2D eigenvalue weighted by molar-refractivity contribution is -0.151. The number of ether oxygens (including phenoxy) is 2. The van der Waals surface area contributed by atoms with Crippen LogP contribution in [0.2, 0.25) is 0 Å². The monoisotopic (exact) mass is 394 g/mol. The molecule has 28 heavy (non-hydrogen) atoms. The average Bonchev–Trinajstić information content (AvgIpc) is 3.19. The number of unbranched alkanes of at least 4 members (excludes halogenated alkanes) is 4. The second-order valence-corrected chi connectivity index (χ2v) is 6.90. The van der Waals surface area contributed by atoms with Crippen molar-refractivity contribution in [3.05, 3.63) is 25.3 Å². The zero-order chi connectivity index (χ0) is 20.8. The van der Waals surface area contributed by atoms with E-state index < -0.39 is 24.1 Å². The highest BCUT2D eigenvalue weighted by atomic mass is 16.5. The van der Waals surface area contributed by atoms with Crippen molar-refractivity contribution in [3.8, 4) is 0 Å². The Kier molecular flexibility index (Phi) is 11.7. The van der Waals surface area contributed by atoms with Crippen LogP contribution < -0.4 is 5.32 Å². The predicted octanol–water partition coefficient (Wildman–Crippen LogP) is 3.35. The second-order valence-electron chi connectivity index (χ2n) is 6.90. The number of hydrogen-bond donors (Lipinski definition) is 1. The minimum absolute atomic E-state index is 0.250. The topological polar surface area (TPSA) is 84.9 Å². The molecule has 2 atom stereocenters. The van der Waals surface area contributed by atoms with Crippen LogP contribution in [0.3, 0.4) is 0 Å². The van der Waals surface area contributed by atoms with E-state index in [0.717, 1.165) is 38.5 Å². The Balaban J connectivity index is 2.68. The Hall–Kier alpha value is -2.31. The van der Waals surface area contributed by atoms with E-state index in [1.54, 1.807) is 6.08 Å². The minimum atomic E-state index is -0.708. The molecule has 1 rings (SSSR count). The van der Waals surface area contributed by atoms with E-state index in [1.165, 1.54) is 12.0 Å². The Bertz CT molecular complexity index is 535. The van der Waals surface area contributed by atoms with Gasteiger partial charge in [-0.3, -0.25) is 4.79 Å². The number of likely N-dealkylation sites (tertiary alicyclic amines) is 1. The van der Waals surface area contributed by atoms with Crippen LogP contribution in [0.4, 0.5) is 4.79 Å². The van der Waals surface area contributed by atoms with E-state index >= 15 is 0 Å². The number of methoxy groups -OCH3 is 1. The quantitative estimate of drug-likeness (QED) is 0.294. The Labute approximate surface area is 168 Å². The highest BCUT2D eigenvalue weighted by molar-refractivity contribution is 5.90. The summed E-state index contributed by atoms with van der Waals surface area (Å²) in [6, 6.07) is -1.29. The number of nitrogens with zero attached hydrogens (tertiary/aromatic N) is 1. The highest BCUT2D eigenvalue weighted by Crippen LogP contribution is 2.21. The van der Waals surface area contributed by atoms with Crippen LogP contribution >= 0.6 is 0 Å². The van der Waals surface area contributed by atoms with E-state index in [4.69, 9.17) is 9.47 Å². The largest absolute Gasteiger partial charge is 0.467 e. The third-order valence-corrected chi connectivity index (χ3v) is 4.79. The molecule has 1 unspecified atom stereocenters. The number of alkyl carbamates (subject to hydrolysis) is 1. The molecule has 7 heteroatoms. The van der Waals surface area contributed by atoms with Crippen LogP contribution in [0.1, 0.15) is 57.8 Å². The molecule has 0 aromatic rings. The maximum atomic E-state index is 13.0. The standard InChI is InChI=1S/C21H34N2O5/c1-4-6-8-9-10-13-17(22-21(26)28-16-11-7-5-2)19(24)23-15-12-14-18(23)20(25)27-3/h4-5,17-18H,1-2,6-16H2,3H3,(H,22,26)/t17-,18?/m0/s1. The van der Waals surface area contributed by atoms with Gasteiger partial charge in [-0.2, -0.15) is 0 Å². The minimum Gasteiger partial charge on any atom is -0.467 e. The second kappa shape index (κ2) is 13.8. The van der Waals surface area contributed by atoms with Crippen molar-refractivity contribution in [2.45, 2.75) is 69.9 Å². The molecule has 1 aliphatic rings. The molecule has 0 bridgehead atoms. The Morgan fingerprint density at radius 1 is 1.14 bits per heavy atom. The van der Waals surface area contributed by atoms with Gasteiger partial charge in [-0.25, -0.2) is 9.59 Å². The molecule has 7 nitrogen and oxygen atoms in total. The van der Waals surface area contributed by atoms with Gasteiger partial charge in [-0.1, -0.05) is 25.0 Å². The van der Waals surface area contributed by atoms with E-state index in [0.29, 0.717) is 25.8 Å². The molecule has 1 aliphatic heterocycles. The first-order chi connectivity index (χ1) is 13.5. The number of esters is 1. The molecular formula is C21H34N2O5. The van der Waals surface area contributed by atoms with Crippen LogP contribution in [-0.2, 0) is 19.1 Å². The zero-order valence-corrected chi connectivity index (χ0v) is 17.0. The van der Waals surface area contributed by atoms with Crippen molar-refractivity contribution in [2.24, 2.45) is 0 Å². The summed E-state index contributed by atoms with van der Waals surface area (Å²) in [6.07, 6.45) is 9.93. The van der Waals surface area contributed by atoms with E-state index in [9.17, 15) is 14.4 Å². The maximum Gasteiger partial charge on any atom is 0.407 e. The summed E-state index contributed by atoms with van der Waals surface area (Å²) in [5, 5.41) is 2.69. The lowest BCUT2D eigenvalue weighted by Gasteiger charge is -2.27. The predicted molar refractivity (Wildman–Crippen MR) is 108 cm³/mol. The van der Waals surface area contributed by atoms with Crippen molar-refractivity contribution in [1.82, 2.24) is 10.2 Å². The van der Waals surface area contributed by atoms with Crippen molar-refractivity contribution in [2.75, 3.05) is 20.3 Å². The maximum absolute atomic E-state index is 13.0. The third-order valence-electron chi connectivity index (χ3n) is 4.79. The Morgan fingerprint density at radius 3 is 2.54 bits per heavy atom. The van der Waals surface area contributed by atoms with E-state index in [-0.39, 0.29) is 12.5 Å². The van der Waals surface area contributed by atoms with Gasteiger partial charge in [-0.05, 0) is 44.9 Å². The van der Waals surface area contributed by atoms with Gasteiger partial charge in [0.25, 0.3) is 0 Å². The smallest absolute Gasteiger partial charge is 0.407 e. The summed E-state index contributed by atoms with van der Waals surface area (Å²) in [7, 11) is 1.32. The van der Waals surface area contributed by atoms with Crippen LogP contribution in [0.15, 0.2) is 25.3 Å². The van der Waals surface area contributed by atoms with Crippen LogP contribution in [0.5, 0.6) is 0 Å². The van der Waals surface area contributed by atoms with Gasteiger partial charge >= 0.3 is 12.1 Å². The fraction of sp³-hybridized carbons (Fsp3) is 0.667. The van der Waals surface area contributed by atoms with Gasteiger partial charge in [0.2, 0.25) is 5.91 Å². The molecule has 1 heterocycles. The summed E-state index contributed by atoms with van der Waals surface area (Å²) in [6.45, 7) is 8.09. The number of amides is 2. The molecule has 0 saturated carbocycles. The van der Waals surface area contributed by atoms with E-state index in [1.807, 2.05) is 6.08 Å². The lowest BCUT2D eigenvalue weighted by atomic mass is 10.1. The van der Waals surface area contributed by atoms with Crippen LogP contribution in [0.25, 0.3) is 0 Å². The van der Waals surface area contributed by atoms with Crippen LogP contribution in [0, 0.1) is 0 Å². The molecule has 158 valence electrons. The molecule has 0 radical (unpaired) electrons. The lowest BCUT2D eigenvalue weighted by Crippen LogP contribution is -2.52. The molecular weight excluding hydrogens is 360 g/mol. The van der Waals surface area contributed by atoms with Crippen molar-refractivity contribution in [3.63, 3.8) is 0 Å². The highest BCUT2D eigenvalue weighted by Gasteiger charge is 2.38. The summed E-state index contributed by atoms with van der Waals surface area (Å²) < 4.78 is 9.97. The summed E-state index contributed by atoms with van der Waals surface area (Å²) in [5.41, 5.74) is 0. The normalized spacial score (nSPS) is 16.9. The number of nitrogens with one attached hydrogen (secondary N) is 1. The number of allylic oxidation sites excluding steroid dienone is 2. The molecule has 0 aromatic carbocycles. The van der Waals surface area contributed by atoms with Crippen molar-refractivity contribution in [1.29, 1.82) is 0 Å². The van der Waals surface area contributed by atoms with Crippen LogP contribution in [-0.4, -0.2) is 55.2 Å². The summed E-state index contributed by atoms with van der Waals surface area (Å²) in [5.74, 6) is -0.665. The van der Waals surface area contributed by atoms with Gasteiger partial charge in [0.1, 0.15) is 12.1 Å². The molecule has 0 aromatic heterocycles. The van der Waals surface area contributed by atoms with Crippen molar-refractivity contribution < 1.29 is 23.9 Å². The fourth-order valence-corrected chi connectivity index (χ4v) is 3.26. The molecule has 1 fully saturated rings. The first kappa shape index (κ1) is 23.7. The summed E-state index contributed by atoms with van der Waals surface area (Å²) >= 11 is 0. The van der Waals surface area contributed by atoms with Gasteiger partial charge in [0.15, 0.2) is 0 Å². The van der Waals surface area contributed by atoms with Gasteiger partial charge in [0, 0.05) is 6.54 Å². The molecule has 1 saturated heterocycles. The third kappa shape index (κ3) is 8.15. The SMILES string of the molecule is C=CCCCCC[C@H](NC(=O)OCCCC=C)C(=O)N1CCCC1C(=O)OC. The first-order valence-corrected chi connectivity index (χ1v) is 10.1. The van der Waals surface area contributed by atoms with Crippen molar-refractivity contribution >= 4 is 18.0 Å². The van der Waals surface area contributed by atoms with E-state index in [2.05, 4.69) is 18.5 Å². The zero-order valence-electron chi connectivity index (χ0n) is 17.0. The molecule has 2 amide bonds. The first-order valence-electron chi connectivity index (χ1n) is 10.1. The number of carbonyl (C=O) groups is 3. The Morgan fingerprint density at radius 2 is 1.86 bits per heavy atom. The molecule has 0 spiro atoms. The summed E-state index contributed by atoms with van der Waals surface area (Å²) in [4.78, 5) is 38.6. The van der Waals surface area contributed by atoms with Gasteiger partial charge < -0.3 is 19.7 Å². The number of rotatable bonds is 13. The number of carbonyl (C=O) groups excluding carboxylic acids is 3. The fourth-order valence-electron chi connectivity index (χ4n) is 3.26. The number of hydrogen-bond acceptors (Lipinski definition) is 5. The van der Waals surface area contributed by atoms with Gasteiger partial charge in [0.05, 0.1) is 13.7 Å². The average molecular weight is 395 g/mol. The molecule has 0 aliphatic carbocycles. The molecule has 1 N–H and O–H groups in total.